The molecule has 1 aromatic heterocycles. The van der Waals surface area contributed by atoms with Gasteiger partial charge in [0.2, 0.25) is 5.28 Å². The number of ether oxygens (including phenoxy) is 1. The normalized spacial score (nSPS) is 11.1. The van der Waals surface area contributed by atoms with E-state index in [4.69, 9.17) is 16.3 Å². The summed E-state index contributed by atoms with van der Waals surface area (Å²) in [5, 5.41) is 0.439. The lowest BCUT2D eigenvalue weighted by molar-refractivity contribution is 0.151. The van der Waals surface area contributed by atoms with Crippen molar-refractivity contribution in [3.63, 3.8) is 0 Å². The Morgan fingerprint density at radius 2 is 2.33 bits per heavy atom. The van der Waals surface area contributed by atoms with E-state index in [0.29, 0.717) is 5.28 Å². The third-order valence-electron chi connectivity index (χ3n) is 2.29. The van der Waals surface area contributed by atoms with E-state index in [1.807, 2.05) is 19.1 Å². The van der Waals surface area contributed by atoms with Crippen LogP contribution in [-0.2, 0) is 11.2 Å². The second-order valence-corrected chi connectivity index (χ2v) is 3.65. The van der Waals surface area contributed by atoms with Crippen molar-refractivity contribution < 1.29 is 4.74 Å². The number of aromatic amines is 1. The number of fused-ring (bicyclic) bond motifs is 1. The van der Waals surface area contributed by atoms with Gasteiger partial charge in [-0.1, -0.05) is 12.1 Å². The van der Waals surface area contributed by atoms with Gasteiger partial charge in [-0.3, -0.25) is 0 Å². The molecule has 0 aliphatic heterocycles. The van der Waals surface area contributed by atoms with Gasteiger partial charge >= 0.3 is 0 Å². The van der Waals surface area contributed by atoms with E-state index in [2.05, 4.69) is 16.0 Å². The summed E-state index contributed by atoms with van der Waals surface area (Å²) in [6.07, 6.45) is 0.867. The summed E-state index contributed by atoms with van der Waals surface area (Å²) in [5.41, 5.74) is 3.10. The van der Waals surface area contributed by atoms with Crippen LogP contribution in [-0.4, -0.2) is 23.2 Å². The molecule has 0 spiro atoms. The van der Waals surface area contributed by atoms with Gasteiger partial charge in [0.25, 0.3) is 0 Å². The van der Waals surface area contributed by atoms with Gasteiger partial charge in [-0.05, 0) is 36.6 Å². The van der Waals surface area contributed by atoms with Gasteiger partial charge in [0.05, 0.1) is 17.6 Å². The minimum atomic E-state index is 0.439. The molecule has 0 saturated heterocycles. The summed E-state index contributed by atoms with van der Waals surface area (Å²) in [6, 6.07) is 6.02. The van der Waals surface area contributed by atoms with Crippen LogP contribution >= 0.6 is 11.6 Å². The van der Waals surface area contributed by atoms with Crippen molar-refractivity contribution in [2.24, 2.45) is 0 Å². The third kappa shape index (κ3) is 2.30. The summed E-state index contributed by atoms with van der Waals surface area (Å²) in [5.74, 6) is 0. The summed E-state index contributed by atoms with van der Waals surface area (Å²) in [6.45, 7) is 3.46. The number of imidazole rings is 1. The topological polar surface area (TPSA) is 37.9 Å². The van der Waals surface area contributed by atoms with Crippen molar-refractivity contribution in [3.8, 4) is 0 Å². The molecule has 0 radical (unpaired) electrons. The molecule has 0 bridgehead atoms. The van der Waals surface area contributed by atoms with Gasteiger partial charge in [0.1, 0.15) is 0 Å². The van der Waals surface area contributed by atoms with E-state index in [1.54, 1.807) is 0 Å². The van der Waals surface area contributed by atoms with Crippen LogP contribution in [0.4, 0.5) is 0 Å². The molecule has 1 heterocycles. The molecule has 0 saturated carbocycles. The molecule has 80 valence electrons. The minimum Gasteiger partial charge on any atom is -0.381 e. The van der Waals surface area contributed by atoms with Crippen molar-refractivity contribution in [3.05, 3.63) is 29.0 Å². The molecule has 0 aliphatic rings. The van der Waals surface area contributed by atoms with Gasteiger partial charge in [0, 0.05) is 6.61 Å². The number of hydrogen-bond donors (Lipinski definition) is 1. The van der Waals surface area contributed by atoms with Gasteiger partial charge in [-0.2, -0.15) is 0 Å². The Kier molecular flexibility index (Phi) is 3.23. The molecular formula is C11H13ClN2O. The standard InChI is InChI=1S/C11H13ClN2O/c1-2-15-7-6-8-4-3-5-9-10(8)14-11(12)13-9/h3-5H,2,6-7H2,1H3,(H,13,14). The van der Waals surface area contributed by atoms with Crippen LogP contribution in [0.15, 0.2) is 18.2 Å². The first-order valence-corrected chi connectivity index (χ1v) is 5.40. The van der Waals surface area contributed by atoms with Crippen molar-refractivity contribution in [1.29, 1.82) is 0 Å². The second kappa shape index (κ2) is 4.64. The summed E-state index contributed by atoms with van der Waals surface area (Å²) < 4.78 is 5.32. The number of para-hydroxylation sites is 1. The number of aromatic nitrogens is 2. The van der Waals surface area contributed by atoms with Crippen molar-refractivity contribution in [2.45, 2.75) is 13.3 Å². The lowest BCUT2D eigenvalue weighted by atomic mass is 10.1. The average molecular weight is 225 g/mol. The lowest BCUT2D eigenvalue weighted by Gasteiger charge is -2.02. The maximum absolute atomic E-state index is 5.82. The van der Waals surface area contributed by atoms with Crippen LogP contribution in [0.1, 0.15) is 12.5 Å². The number of rotatable bonds is 4. The van der Waals surface area contributed by atoms with Crippen LogP contribution in [0.5, 0.6) is 0 Å². The van der Waals surface area contributed by atoms with E-state index < -0.39 is 0 Å². The Labute approximate surface area is 93.4 Å². The lowest BCUT2D eigenvalue weighted by Crippen LogP contribution is -1.98. The Morgan fingerprint density at radius 3 is 3.13 bits per heavy atom. The molecule has 0 unspecified atom stereocenters. The molecule has 0 aliphatic carbocycles. The highest BCUT2D eigenvalue weighted by Gasteiger charge is 2.05. The van der Waals surface area contributed by atoms with Gasteiger partial charge in [0.15, 0.2) is 0 Å². The minimum absolute atomic E-state index is 0.439. The Bertz CT molecular complexity index is 453. The van der Waals surface area contributed by atoms with Gasteiger partial charge in [-0.15, -0.1) is 0 Å². The fourth-order valence-corrected chi connectivity index (χ4v) is 1.78. The van der Waals surface area contributed by atoms with E-state index in [1.165, 1.54) is 5.56 Å². The quantitative estimate of drug-likeness (QED) is 0.811. The predicted molar refractivity (Wildman–Crippen MR) is 61.3 cm³/mol. The van der Waals surface area contributed by atoms with Crippen molar-refractivity contribution in [1.82, 2.24) is 9.97 Å². The second-order valence-electron chi connectivity index (χ2n) is 3.29. The van der Waals surface area contributed by atoms with E-state index in [0.717, 1.165) is 30.7 Å². The molecular weight excluding hydrogens is 212 g/mol. The van der Waals surface area contributed by atoms with E-state index in [9.17, 15) is 0 Å². The molecule has 0 amide bonds. The summed E-state index contributed by atoms with van der Waals surface area (Å²) >= 11 is 5.82. The van der Waals surface area contributed by atoms with Crippen LogP contribution in [0.2, 0.25) is 5.28 Å². The highest BCUT2D eigenvalue weighted by molar-refractivity contribution is 6.29. The number of H-pyrrole nitrogens is 1. The molecule has 2 rings (SSSR count). The fraction of sp³-hybridized carbons (Fsp3) is 0.364. The SMILES string of the molecule is CCOCCc1cccc2[nH]c(Cl)nc12. The number of nitrogens with zero attached hydrogens (tertiary/aromatic N) is 1. The first-order valence-electron chi connectivity index (χ1n) is 5.02. The highest BCUT2D eigenvalue weighted by Crippen LogP contribution is 2.18. The predicted octanol–water partition coefficient (Wildman–Crippen LogP) is 2.80. The van der Waals surface area contributed by atoms with E-state index >= 15 is 0 Å². The van der Waals surface area contributed by atoms with Gasteiger partial charge in [-0.25, -0.2) is 4.98 Å². The Hall–Kier alpha value is -1.06. The first-order chi connectivity index (χ1) is 7.31. The zero-order valence-corrected chi connectivity index (χ0v) is 9.34. The van der Waals surface area contributed by atoms with Crippen LogP contribution in [0.3, 0.4) is 0 Å². The zero-order valence-electron chi connectivity index (χ0n) is 8.59. The largest absolute Gasteiger partial charge is 0.381 e. The molecule has 1 N–H and O–H groups in total. The smallest absolute Gasteiger partial charge is 0.201 e. The molecule has 4 heteroatoms. The van der Waals surface area contributed by atoms with Crippen LogP contribution < -0.4 is 0 Å². The molecule has 2 aromatic rings. The zero-order chi connectivity index (χ0) is 10.7. The Morgan fingerprint density at radius 1 is 1.47 bits per heavy atom. The Balaban J connectivity index is 2.25. The fourth-order valence-electron chi connectivity index (χ4n) is 1.59. The first kappa shape index (κ1) is 10.5. The summed E-state index contributed by atoms with van der Waals surface area (Å²) in [7, 11) is 0. The summed E-state index contributed by atoms with van der Waals surface area (Å²) in [4.78, 5) is 7.25. The van der Waals surface area contributed by atoms with Crippen molar-refractivity contribution >= 4 is 22.6 Å². The van der Waals surface area contributed by atoms with Crippen LogP contribution in [0.25, 0.3) is 11.0 Å². The molecule has 15 heavy (non-hydrogen) atoms. The number of hydrogen-bond acceptors (Lipinski definition) is 2. The van der Waals surface area contributed by atoms with Crippen molar-refractivity contribution in [2.75, 3.05) is 13.2 Å². The van der Waals surface area contributed by atoms with Crippen LogP contribution in [0, 0.1) is 0 Å². The molecule has 0 atom stereocenters. The highest BCUT2D eigenvalue weighted by atomic mass is 35.5. The number of halogens is 1. The molecule has 0 fully saturated rings. The number of nitrogens with one attached hydrogen (secondary N) is 1. The van der Waals surface area contributed by atoms with Gasteiger partial charge < -0.3 is 9.72 Å². The average Bonchev–Trinajstić information content (AvgIpc) is 2.59. The van der Waals surface area contributed by atoms with E-state index in [-0.39, 0.29) is 0 Å². The molecule has 1 aromatic carbocycles. The monoisotopic (exact) mass is 224 g/mol. The number of benzene rings is 1. The third-order valence-corrected chi connectivity index (χ3v) is 2.47. The maximum Gasteiger partial charge on any atom is 0.201 e. The molecule has 3 nitrogen and oxygen atoms in total. The maximum atomic E-state index is 5.82.